The number of unbranched alkanes of at least 4 members (excludes halogenated alkanes) is 2. The maximum absolute atomic E-state index is 5.77. The van der Waals surface area contributed by atoms with Crippen molar-refractivity contribution in [2.45, 2.75) is 46.0 Å². The third-order valence-electron chi connectivity index (χ3n) is 3.36. The molecule has 1 aromatic carbocycles. The van der Waals surface area contributed by atoms with Gasteiger partial charge in [-0.3, -0.25) is 0 Å². The van der Waals surface area contributed by atoms with Crippen LogP contribution in [0.25, 0.3) is 0 Å². The highest BCUT2D eigenvalue weighted by Gasteiger charge is 2.03. The third-order valence-corrected chi connectivity index (χ3v) is 3.89. The Kier molecular flexibility index (Phi) is 9.77. The first kappa shape index (κ1) is 17.5. The van der Waals surface area contributed by atoms with Crippen LogP contribution in [0.4, 0.5) is 0 Å². The van der Waals surface area contributed by atoms with Crippen molar-refractivity contribution in [2.75, 3.05) is 26.2 Å². The average Bonchev–Trinajstić information content (AvgIpc) is 2.47. The van der Waals surface area contributed by atoms with Gasteiger partial charge in [0, 0.05) is 11.0 Å². The predicted molar refractivity (Wildman–Crippen MR) is 90.5 cm³/mol. The normalized spacial score (nSPS) is 11.0. The van der Waals surface area contributed by atoms with Gasteiger partial charge in [0.25, 0.3) is 0 Å². The van der Waals surface area contributed by atoms with Crippen LogP contribution in [0.15, 0.2) is 28.7 Å². The molecule has 2 nitrogen and oxygen atoms in total. The van der Waals surface area contributed by atoms with Crippen LogP contribution in [-0.2, 0) is 0 Å². The van der Waals surface area contributed by atoms with E-state index in [1.807, 2.05) is 24.3 Å². The molecule has 0 radical (unpaired) electrons. The second kappa shape index (κ2) is 11.2. The average molecular weight is 342 g/mol. The Labute approximate surface area is 132 Å². The van der Waals surface area contributed by atoms with Crippen molar-refractivity contribution in [3.63, 3.8) is 0 Å². The quantitative estimate of drug-likeness (QED) is 0.518. The van der Waals surface area contributed by atoms with E-state index in [0.717, 1.165) is 29.8 Å². The van der Waals surface area contributed by atoms with Crippen molar-refractivity contribution in [1.29, 1.82) is 0 Å². The predicted octanol–water partition coefficient (Wildman–Crippen LogP) is 5.12. The lowest BCUT2D eigenvalue weighted by molar-refractivity contribution is 0.229. The van der Waals surface area contributed by atoms with Gasteiger partial charge in [-0.2, -0.15) is 0 Å². The molecule has 0 spiro atoms. The summed E-state index contributed by atoms with van der Waals surface area (Å²) in [6.45, 7) is 8.93. The lowest BCUT2D eigenvalue weighted by Crippen LogP contribution is -2.28. The van der Waals surface area contributed by atoms with E-state index in [0.29, 0.717) is 0 Å². The third kappa shape index (κ3) is 7.91. The lowest BCUT2D eigenvalue weighted by Gasteiger charge is -2.21. The molecule has 0 unspecified atom stereocenters. The van der Waals surface area contributed by atoms with Gasteiger partial charge >= 0.3 is 0 Å². The molecule has 0 fully saturated rings. The van der Waals surface area contributed by atoms with Gasteiger partial charge in [0.15, 0.2) is 0 Å². The highest BCUT2D eigenvalue weighted by atomic mass is 79.9. The molecule has 0 aliphatic heterocycles. The molecule has 0 amide bonds. The standard InChI is InChI=1S/C17H28BrNO/c1-3-5-12-19(13-6-4-2)14-7-15-20-17-10-8-16(18)9-11-17/h8-11H,3-7,12-15H2,1-2H3. The second-order valence-corrected chi connectivity index (χ2v) is 6.12. The van der Waals surface area contributed by atoms with Crippen LogP contribution in [-0.4, -0.2) is 31.1 Å². The van der Waals surface area contributed by atoms with E-state index < -0.39 is 0 Å². The van der Waals surface area contributed by atoms with Gasteiger partial charge in [0.05, 0.1) is 6.61 Å². The number of ether oxygens (including phenoxy) is 1. The van der Waals surface area contributed by atoms with Crippen LogP contribution >= 0.6 is 15.9 Å². The highest BCUT2D eigenvalue weighted by molar-refractivity contribution is 9.10. The maximum Gasteiger partial charge on any atom is 0.119 e. The minimum atomic E-state index is 0.802. The molecule has 0 bridgehead atoms. The van der Waals surface area contributed by atoms with Crippen LogP contribution < -0.4 is 4.74 Å². The highest BCUT2D eigenvalue weighted by Crippen LogP contribution is 2.16. The van der Waals surface area contributed by atoms with Crippen molar-refractivity contribution >= 4 is 15.9 Å². The molecule has 1 aromatic rings. The van der Waals surface area contributed by atoms with Crippen molar-refractivity contribution in [1.82, 2.24) is 4.90 Å². The van der Waals surface area contributed by atoms with Crippen LogP contribution in [0.2, 0.25) is 0 Å². The van der Waals surface area contributed by atoms with E-state index in [-0.39, 0.29) is 0 Å². The first-order valence-corrected chi connectivity index (χ1v) is 8.66. The molecule has 0 aromatic heterocycles. The van der Waals surface area contributed by atoms with Crippen LogP contribution in [0, 0.1) is 0 Å². The van der Waals surface area contributed by atoms with E-state index in [9.17, 15) is 0 Å². The molecule has 0 atom stereocenters. The second-order valence-electron chi connectivity index (χ2n) is 5.20. The van der Waals surface area contributed by atoms with E-state index in [4.69, 9.17) is 4.74 Å². The fourth-order valence-electron chi connectivity index (χ4n) is 2.11. The molecule has 0 aliphatic rings. The number of nitrogens with zero attached hydrogens (tertiary/aromatic N) is 1. The first-order valence-electron chi connectivity index (χ1n) is 7.87. The molecular formula is C17H28BrNO. The maximum atomic E-state index is 5.77. The van der Waals surface area contributed by atoms with Gasteiger partial charge in [-0.25, -0.2) is 0 Å². The summed E-state index contributed by atoms with van der Waals surface area (Å²) in [6, 6.07) is 8.06. The van der Waals surface area contributed by atoms with Crippen molar-refractivity contribution in [2.24, 2.45) is 0 Å². The smallest absolute Gasteiger partial charge is 0.119 e. The summed E-state index contributed by atoms with van der Waals surface area (Å²) in [5.41, 5.74) is 0. The van der Waals surface area contributed by atoms with Crippen molar-refractivity contribution in [3.8, 4) is 5.75 Å². The van der Waals surface area contributed by atoms with E-state index >= 15 is 0 Å². The summed E-state index contributed by atoms with van der Waals surface area (Å²) in [6.07, 6.45) is 6.26. The number of halogens is 1. The Morgan fingerprint density at radius 2 is 1.45 bits per heavy atom. The Hall–Kier alpha value is -0.540. The largest absolute Gasteiger partial charge is 0.494 e. The van der Waals surface area contributed by atoms with Gasteiger partial charge in [-0.05, 0) is 56.6 Å². The number of hydrogen-bond donors (Lipinski definition) is 0. The summed E-state index contributed by atoms with van der Waals surface area (Å²) in [5.74, 6) is 0.960. The monoisotopic (exact) mass is 341 g/mol. The molecule has 0 heterocycles. The summed E-state index contributed by atoms with van der Waals surface area (Å²) in [4.78, 5) is 2.58. The molecule has 0 saturated carbocycles. The molecule has 0 N–H and O–H groups in total. The van der Waals surface area contributed by atoms with E-state index in [1.54, 1.807) is 0 Å². The molecule has 1 rings (SSSR count). The number of rotatable bonds is 11. The Morgan fingerprint density at radius 1 is 0.900 bits per heavy atom. The topological polar surface area (TPSA) is 12.5 Å². The van der Waals surface area contributed by atoms with Crippen LogP contribution in [0.1, 0.15) is 46.0 Å². The minimum absolute atomic E-state index is 0.802. The zero-order valence-electron chi connectivity index (χ0n) is 12.9. The summed E-state index contributed by atoms with van der Waals surface area (Å²) < 4.78 is 6.87. The van der Waals surface area contributed by atoms with Crippen molar-refractivity contribution in [3.05, 3.63) is 28.7 Å². The Balaban J connectivity index is 2.19. The van der Waals surface area contributed by atoms with Crippen LogP contribution in [0.5, 0.6) is 5.75 Å². The Bertz CT molecular complexity index is 331. The molecule has 0 saturated heterocycles. The zero-order chi connectivity index (χ0) is 14.6. The van der Waals surface area contributed by atoms with E-state index in [1.165, 1.54) is 38.8 Å². The Morgan fingerprint density at radius 3 is 2.00 bits per heavy atom. The number of hydrogen-bond acceptors (Lipinski definition) is 2. The lowest BCUT2D eigenvalue weighted by atomic mass is 10.2. The SMILES string of the molecule is CCCCN(CCCC)CCCOc1ccc(Br)cc1. The molecular weight excluding hydrogens is 314 g/mol. The fourth-order valence-corrected chi connectivity index (χ4v) is 2.37. The molecule has 114 valence electrons. The molecule has 20 heavy (non-hydrogen) atoms. The van der Waals surface area contributed by atoms with Gasteiger partial charge in [0.1, 0.15) is 5.75 Å². The fraction of sp³-hybridized carbons (Fsp3) is 0.647. The summed E-state index contributed by atoms with van der Waals surface area (Å²) in [7, 11) is 0. The molecule has 0 aliphatic carbocycles. The zero-order valence-corrected chi connectivity index (χ0v) is 14.5. The molecule has 3 heteroatoms. The first-order chi connectivity index (χ1) is 9.76. The minimum Gasteiger partial charge on any atom is -0.494 e. The summed E-state index contributed by atoms with van der Waals surface area (Å²) in [5, 5.41) is 0. The summed E-state index contributed by atoms with van der Waals surface area (Å²) >= 11 is 3.43. The van der Waals surface area contributed by atoms with Gasteiger partial charge in [-0.1, -0.05) is 42.6 Å². The van der Waals surface area contributed by atoms with Crippen molar-refractivity contribution < 1.29 is 4.74 Å². The van der Waals surface area contributed by atoms with Gasteiger partial charge in [0.2, 0.25) is 0 Å². The van der Waals surface area contributed by atoms with Gasteiger partial charge in [-0.15, -0.1) is 0 Å². The number of benzene rings is 1. The van der Waals surface area contributed by atoms with Crippen LogP contribution in [0.3, 0.4) is 0 Å². The van der Waals surface area contributed by atoms with Gasteiger partial charge < -0.3 is 9.64 Å². The van der Waals surface area contributed by atoms with E-state index in [2.05, 4.69) is 34.7 Å².